The third kappa shape index (κ3) is 1.63. The van der Waals surface area contributed by atoms with E-state index in [2.05, 4.69) is 15.4 Å². The van der Waals surface area contributed by atoms with Gasteiger partial charge in [0.05, 0.1) is 11.7 Å². The average molecular weight is 239 g/mol. The molecule has 59 valence electrons. The van der Waals surface area contributed by atoms with Crippen molar-refractivity contribution in [3.05, 3.63) is 30.5 Å². The Kier molecular flexibility index (Phi) is 2.70. The van der Waals surface area contributed by atoms with Gasteiger partial charge in [0.15, 0.2) is 0 Å². The monoisotopic (exact) mass is 238 g/mol. The summed E-state index contributed by atoms with van der Waals surface area (Å²) in [7, 11) is 0. The summed E-state index contributed by atoms with van der Waals surface area (Å²) in [5.74, 6) is 0. The molecule has 1 heterocycles. The van der Waals surface area contributed by atoms with Crippen molar-refractivity contribution in [2.45, 2.75) is 0 Å². The van der Waals surface area contributed by atoms with Gasteiger partial charge in [-0.3, -0.25) is 0 Å². The van der Waals surface area contributed by atoms with Crippen LogP contribution in [0, 0.1) is 0 Å². The van der Waals surface area contributed by atoms with Crippen LogP contribution in [0.5, 0.6) is 0 Å². The van der Waals surface area contributed by atoms with E-state index in [1.807, 2.05) is 24.3 Å². The fraction of sp³-hybridized carbons (Fsp3) is 0. The van der Waals surface area contributed by atoms with E-state index >= 15 is 0 Å². The van der Waals surface area contributed by atoms with Crippen LogP contribution in [0.15, 0.2) is 30.5 Å². The van der Waals surface area contributed by atoms with Crippen LogP contribution in [0.3, 0.4) is 0 Å². The average Bonchev–Trinajstić information content (AvgIpc) is 2.05. The van der Waals surface area contributed by atoms with Crippen LogP contribution in [0.25, 0.3) is 10.9 Å². The van der Waals surface area contributed by atoms with Crippen molar-refractivity contribution >= 4 is 10.9 Å². The maximum atomic E-state index is 3.82. The van der Waals surface area contributed by atoms with Crippen molar-refractivity contribution in [3.63, 3.8) is 0 Å². The van der Waals surface area contributed by atoms with E-state index < -0.39 is 0 Å². The Balaban J connectivity index is 0.000000605. The van der Waals surface area contributed by atoms with Crippen LogP contribution in [-0.2, 0) is 22.4 Å². The molecular formula is C7H5AgN3. The van der Waals surface area contributed by atoms with Crippen LogP contribution in [0.1, 0.15) is 0 Å². The van der Waals surface area contributed by atoms with Gasteiger partial charge in [0.1, 0.15) is 0 Å². The number of fused-ring (bicyclic) bond motifs is 1. The van der Waals surface area contributed by atoms with Crippen LogP contribution in [0.2, 0.25) is 0 Å². The molecule has 0 bridgehead atoms. The minimum Gasteiger partial charge on any atom is -0.138 e. The zero-order valence-electron chi connectivity index (χ0n) is 5.53. The molecule has 2 aromatic rings. The number of hydrogen-bond acceptors (Lipinski definition) is 3. The molecule has 1 radical (unpaired) electrons. The molecule has 0 aliphatic rings. The maximum Gasteiger partial charge on any atom is 0.0963 e. The number of benzene rings is 1. The zero-order valence-corrected chi connectivity index (χ0v) is 7.01. The summed E-state index contributed by atoms with van der Waals surface area (Å²) in [6.45, 7) is 0. The van der Waals surface area contributed by atoms with Crippen molar-refractivity contribution in [2.24, 2.45) is 0 Å². The molecule has 0 aliphatic heterocycles. The molecule has 0 atom stereocenters. The van der Waals surface area contributed by atoms with Crippen molar-refractivity contribution < 1.29 is 22.4 Å². The van der Waals surface area contributed by atoms with Crippen molar-refractivity contribution in [1.29, 1.82) is 0 Å². The van der Waals surface area contributed by atoms with Crippen molar-refractivity contribution in [3.8, 4) is 0 Å². The molecule has 0 saturated carbocycles. The molecule has 0 amide bonds. The van der Waals surface area contributed by atoms with E-state index in [4.69, 9.17) is 0 Å². The van der Waals surface area contributed by atoms with Crippen LogP contribution in [-0.4, -0.2) is 15.4 Å². The second kappa shape index (κ2) is 3.57. The molecule has 3 nitrogen and oxygen atoms in total. The van der Waals surface area contributed by atoms with Gasteiger partial charge in [-0.1, -0.05) is 18.2 Å². The van der Waals surface area contributed by atoms with Gasteiger partial charge in [0.2, 0.25) is 0 Å². The number of hydrogen-bond donors (Lipinski definition) is 0. The first-order valence-electron chi connectivity index (χ1n) is 3.00. The van der Waals surface area contributed by atoms with Gasteiger partial charge in [0.25, 0.3) is 0 Å². The Morgan fingerprint density at radius 3 is 2.73 bits per heavy atom. The van der Waals surface area contributed by atoms with Gasteiger partial charge in [-0.25, -0.2) is 0 Å². The van der Waals surface area contributed by atoms with Gasteiger partial charge < -0.3 is 0 Å². The molecule has 0 saturated heterocycles. The Hall–Kier alpha value is -0.770. The number of nitrogens with zero attached hydrogens (tertiary/aromatic N) is 3. The van der Waals surface area contributed by atoms with Crippen LogP contribution >= 0.6 is 0 Å². The minimum atomic E-state index is 0. The summed E-state index contributed by atoms with van der Waals surface area (Å²) in [4.78, 5) is 0. The van der Waals surface area contributed by atoms with Crippen LogP contribution < -0.4 is 0 Å². The van der Waals surface area contributed by atoms with Gasteiger partial charge in [0, 0.05) is 27.8 Å². The smallest absolute Gasteiger partial charge is 0.0963 e. The van der Waals surface area contributed by atoms with E-state index in [1.165, 1.54) is 0 Å². The van der Waals surface area contributed by atoms with Gasteiger partial charge in [-0.05, 0) is 11.3 Å². The van der Waals surface area contributed by atoms with E-state index in [1.54, 1.807) is 6.20 Å². The third-order valence-electron chi connectivity index (χ3n) is 1.34. The second-order valence-electron chi connectivity index (χ2n) is 1.99. The number of aromatic nitrogens is 3. The molecule has 11 heavy (non-hydrogen) atoms. The first kappa shape index (κ1) is 8.33. The quantitative estimate of drug-likeness (QED) is 0.644. The largest absolute Gasteiger partial charge is 0.138 e. The Morgan fingerprint density at radius 2 is 1.91 bits per heavy atom. The molecule has 1 aromatic carbocycles. The predicted molar refractivity (Wildman–Crippen MR) is 37.3 cm³/mol. The molecule has 0 N–H and O–H groups in total. The topological polar surface area (TPSA) is 38.7 Å². The summed E-state index contributed by atoms with van der Waals surface area (Å²) < 4.78 is 0. The summed E-state index contributed by atoms with van der Waals surface area (Å²) in [6.07, 6.45) is 1.70. The van der Waals surface area contributed by atoms with Gasteiger partial charge in [-0.2, -0.15) is 0 Å². The number of rotatable bonds is 0. The third-order valence-corrected chi connectivity index (χ3v) is 1.34. The molecule has 0 aliphatic carbocycles. The molecule has 4 heteroatoms. The molecule has 0 unspecified atom stereocenters. The summed E-state index contributed by atoms with van der Waals surface area (Å²) in [5, 5.41) is 12.0. The van der Waals surface area contributed by atoms with E-state index in [0.29, 0.717) is 0 Å². The fourth-order valence-corrected chi connectivity index (χ4v) is 0.850. The zero-order chi connectivity index (χ0) is 6.81. The van der Waals surface area contributed by atoms with Crippen molar-refractivity contribution in [1.82, 2.24) is 15.4 Å². The Bertz CT molecular complexity index is 285. The molecular weight excluding hydrogens is 234 g/mol. The Morgan fingerprint density at radius 1 is 1.09 bits per heavy atom. The minimum absolute atomic E-state index is 0. The predicted octanol–water partition coefficient (Wildman–Crippen LogP) is 1.02. The standard InChI is InChI=1S/C7H5N3.Ag/c1-2-4-7-6(3-1)5-8-10-9-7;/h1-5H;. The molecule has 0 spiro atoms. The van der Waals surface area contributed by atoms with E-state index in [-0.39, 0.29) is 22.4 Å². The second-order valence-corrected chi connectivity index (χ2v) is 1.99. The van der Waals surface area contributed by atoms with Crippen molar-refractivity contribution in [2.75, 3.05) is 0 Å². The summed E-state index contributed by atoms with van der Waals surface area (Å²) >= 11 is 0. The van der Waals surface area contributed by atoms with Crippen LogP contribution in [0.4, 0.5) is 0 Å². The van der Waals surface area contributed by atoms with E-state index in [9.17, 15) is 0 Å². The molecule has 2 rings (SSSR count). The molecule has 0 fully saturated rings. The maximum absolute atomic E-state index is 3.82. The first-order chi connectivity index (χ1) is 4.97. The fourth-order valence-electron chi connectivity index (χ4n) is 0.850. The first-order valence-corrected chi connectivity index (χ1v) is 3.00. The normalized spacial score (nSPS) is 9.09. The van der Waals surface area contributed by atoms with Gasteiger partial charge >= 0.3 is 0 Å². The Labute approximate surface area is 79.3 Å². The van der Waals surface area contributed by atoms with E-state index in [0.717, 1.165) is 10.9 Å². The SMILES string of the molecule is [Ag].c1ccc2nnncc2c1. The van der Waals surface area contributed by atoms with Gasteiger partial charge in [-0.15, -0.1) is 10.2 Å². The molecule has 1 aromatic heterocycles. The summed E-state index contributed by atoms with van der Waals surface area (Å²) in [5.41, 5.74) is 0.887. The summed E-state index contributed by atoms with van der Waals surface area (Å²) in [6, 6.07) is 7.74.